The third-order valence-electron chi connectivity index (χ3n) is 0.644. The minimum absolute atomic E-state index is 0.392. The molecule has 7 heavy (non-hydrogen) atoms. The Morgan fingerprint density at radius 3 is 2.57 bits per heavy atom. The van der Waals surface area contributed by atoms with Crippen LogP contribution in [0.3, 0.4) is 0 Å². The first-order valence-electron chi connectivity index (χ1n) is 2.42. The highest BCUT2D eigenvalue weighted by atomic mass is 16.3. The lowest BCUT2D eigenvalue weighted by Crippen LogP contribution is -1.68. The monoisotopic (exact) mass is 99.1 g/mol. The summed E-state index contributed by atoms with van der Waals surface area (Å²) in [6, 6.07) is 0. The highest BCUT2D eigenvalue weighted by Crippen LogP contribution is 1.91. The van der Waals surface area contributed by atoms with Gasteiger partial charge in [0.1, 0.15) is 0 Å². The summed E-state index contributed by atoms with van der Waals surface area (Å²) in [5, 5.41) is 8.52. The van der Waals surface area contributed by atoms with E-state index < -0.39 is 0 Å². The number of aliphatic hydroxyl groups is 1. The molecule has 41 valence electrons. The summed E-state index contributed by atoms with van der Waals surface area (Å²) in [6.45, 7) is 5.26. The van der Waals surface area contributed by atoms with Gasteiger partial charge in [-0.1, -0.05) is 6.92 Å². The number of unbranched alkanes of at least 4 members (excludes halogenated alkanes) is 1. The van der Waals surface area contributed by atoms with Gasteiger partial charge in [0, 0.05) is 0 Å². The lowest BCUT2D eigenvalue weighted by Gasteiger charge is -1.84. The van der Waals surface area contributed by atoms with Gasteiger partial charge < -0.3 is 5.11 Å². The van der Waals surface area contributed by atoms with Crippen LogP contribution in [0.25, 0.3) is 0 Å². The minimum atomic E-state index is 0.392. The molecule has 0 aliphatic heterocycles. The summed E-state index contributed by atoms with van der Waals surface area (Å²) in [5.41, 5.74) is 0. The Morgan fingerprint density at radius 1 is 1.86 bits per heavy atom. The molecule has 0 aliphatic carbocycles. The van der Waals surface area contributed by atoms with E-state index in [4.69, 9.17) is 5.11 Å². The molecule has 0 bridgehead atoms. The average molecular weight is 99.2 g/mol. The van der Waals surface area contributed by atoms with Crippen LogP contribution in [0, 0.1) is 6.92 Å². The maximum absolute atomic E-state index is 8.52. The van der Waals surface area contributed by atoms with Gasteiger partial charge in [-0.05, 0) is 25.8 Å². The molecule has 0 rings (SSSR count). The SMILES string of the molecule is [CH2]CC/C=C(/C)O. The molecule has 1 radical (unpaired) electrons. The Kier molecular flexibility index (Phi) is 3.48. The molecule has 0 heterocycles. The Morgan fingerprint density at radius 2 is 2.43 bits per heavy atom. The highest BCUT2D eigenvalue weighted by Gasteiger charge is 1.75. The number of hydrogen-bond acceptors (Lipinski definition) is 1. The average Bonchev–Trinajstić information content (AvgIpc) is 1.61. The fourth-order valence-electron chi connectivity index (χ4n) is 0.311. The smallest absolute Gasteiger partial charge is 0.0851 e. The van der Waals surface area contributed by atoms with Crippen molar-refractivity contribution in [2.45, 2.75) is 19.8 Å². The van der Waals surface area contributed by atoms with Crippen molar-refractivity contribution >= 4 is 0 Å². The first kappa shape index (κ1) is 6.54. The van der Waals surface area contributed by atoms with Crippen molar-refractivity contribution in [3.63, 3.8) is 0 Å². The molecular formula is C6H11O. The quantitative estimate of drug-likeness (QED) is 0.525. The topological polar surface area (TPSA) is 20.2 Å². The van der Waals surface area contributed by atoms with Crippen molar-refractivity contribution in [1.29, 1.82) is 0 Å². The lowest BCUT2D eigenvalue weighted by atomic mass is 10.3. The molecule has 0 fully saturated rings. The van der Waals surface area contributed by atoms with E-state index in [1.54, 1.807) is 13.0 Å². The molecular weight excluding hydrogens is 88.1 g/mol. The van der Waals surface area contributed by atoms with E-state index in [1.807, 2.05) is 0 Å². The van der Waals surface area contributed by atoms with Gasteiger partial charge in [-0.2, -0.15) is 0 Å². The number of aliphatic hydroxyl groups excluding tert-OH is 1. The maximum atomic E-state index is 8.52. The van der Waals surface area contributed by atoms with E-state index in [1.165, 1.54) is 0 Å². The summed E-state index contributed by atoms with van der Waals surface area (Å²) in [4.78, 5) is 0. The summed E-state index contributed by atoms with van der Waals surface area (Å²) in [7, 11) is 0. The molecule has 0 aliphatic rings. The van der Waals surface area contributed by atoms with Crippen LogP contribution in [0.5, 0.6) is 0 Å². The standard InChI is InChI=1S/C6H11O/c1-3-4-5-6(2)7/h5,7H,1,3-4H2,2H3/b6-5-. The van der Waals surface area contributed by atoms with Gasteiger partial charge in [0.15, 0.2) is 0 Å². The summed E-state index contributed by atoms with van der Waals surface area (Å²) < 4.78 is 0. The van der Waals surface area contributed by atoms with Crippen molar-refractivity contribution in [2.24, 2.45) is 0 Å². The van der Waals surface area contributed by atoms with Gasteiger partial charge in [-0.15, -0.1) is 0 Å². The third-order valence-corrected chi connectivity index (χ3v) is 0.644. The zero-order valence-corrected chi connectivity index (χ0v) is 4.65. The maximum Gasteiger partial charge on any atom is 0.0851 e. The zero-order chi connectivity index (χ0) is 5.70. The van der Waals surface area contributed by atoms with Crippen LogP contribution in [-0.2, 0) is 0 Å². The van der Waals surface area contributed by atoms with Crippen molar-refractivity contribution < 1.29 is 5.11 Å². The Labute approximate surface area is 44.7 Å². The summed E-state index contributed by atoms with van der Waals surface area (Å²) in [6.07, 6.45) is 3.49. The van der Waals surface area contributed by atoms with Crippen molar-refractivity contribution in [1.82, 2.24) is 0 Å². The van der Waals surface area contributed by atoms with E-state index in [2.05, 4.69) is 6.92 Å². The molecule has 0 aromatic carbocycles. The van der Waals surface area contributed by atoms with Crippen LogP contribution in [0.1, 0.15) is 19.8 Å². The lowest BCUT2D eigenvalue weighted by molar-refractivity contribution is 0.411. The molecule has 0 amide bonds. The molecule has 0 atom stereocenters. The summed E-state index contributed by atoms with van der Waals surface area (Å²) >= 11 is 0. The van der Waals surface area contributed by atoms with Gasteiger partial charge in [0.2, 0.25) is 0 Å². The molecule has 1 N–H and O–H groups in total. The third kappa shape index (κ3) is 5.54. The van der Waals surface area contributed by atoms with Crippen molar-refractivity contribution in [3.8, 4) is 0 Å². The molecule has 1 nitrogen and oxygen atoms in total. The van der Waals surface area contributed by atoms with Crippen LogP contribution in [0.2, 0.25) is 0 Å². The second-order valence-electron chi connectivity index (χ2n) is 1.49. The fraction of sp³-hybridized carbons (Fsp3) is 0.500. The molecule has 0 aromatic heterocycles. The second-order valence-corrected chi connectivity index (χ2v) is 1.49. The van der Waals surface area contributed by atoms with E-state index >= 15 is 0 Å². The largest absolute Gasteiger partial charge is 0.513 e. The predicted molar refractivity (Wildman–Crippen MR) is 31.0 cm³/mol. The Balaban J connectivity index is 3.08. The molecule has 0 saturated carbocycles. The van der Waals surface area contributed by atoms with Crippen LogP contribution in [-0.4, -0.2) is 5.11 Å². The van der Waals surface area contributed by atoms with Gasteiger partial charge in [-0.25, -0.2) is 0 Å². The molecule has 0 unspecified atom stereocenters. The normalized spacial score (nSPS) is 12.0. The Hall–Kier alpha value is -0.460. The van der Waals surface area contributed by atoms with Crippen LogP contribution in [0.15, 0.2) is 11.8 Å². The van der Waals surface area contributed by atoms with Crippen molar-refractivity contribution in [2.75, 3.05) is 0 Å². The highest BCUT2D eigenvalue weighted by molar-refractivity contribution is 4.85. The van der Waals surface area contributed by atoms with Gasteiger partial charge in [0.25, 0.3) is 0 Å². The second kappa shape index (κ2) is 3.72. The van der Waals surface area contributed by atoms with E-state index in [0.717, 1.165) is 12.8 Å². The number of hydrogen-bond donors (Lipinski definition) is 1. The molecule has 1 heteroatoms. The van der Waals surface area contributed by atoms with Gasteiger partial charge >= 0.3 is 0 Å². The van der Waals surface area contributed by atoms with Crippen LogP contribution < -0.4 is 0 Å². The first-order chi connectivity index (χ1) is 3.27. The van der Waals surface area contributed by atoms with Crippen LogP contribution >= 0.6 is 0 Å². The predicted octanol–water partition coefficient (Wildman–Crippen LogP) is 2.06. The van der Waals surface area contributed by atoms with E-state index in [9.17, 15) is 0 Å². The molecule has 0 aromatic rings. The Bertz CT molecular complexity index is 60.6. The zero-order valence-electron chi connectivity index (χ0n) is 4.65. The van der Waals surface area contributed by atoms with E-state index in [-0.39, 0.29) is 0 Å². The van der Waals surface area contributed by atoms with Gasteiger partial charge in [0.05, 0.1) is 5.76 Å². The van der Waals surface area contributed by atoms with Crippen LogP contribution in [0.4, 0.5) is 0 Å². The first-order valence-corrected chi connectivity index (χ1v) is 2.42. The number of allylic oxidation sites excluding steroid dienone is 2. The minimum Gasteiger partial charge on any atom is -0.513 e. The molecule has 0 saturated heterocycles. The molecule has 0 spiro atoms. The number of rotatable bonds is 2. The van der Waals surface area contributed by atoms with Crippen molar-refractivity contribution in [3.05, 3.63) is 18.8 Å². The van der Waals surface area contributed by atoms with Gasteiger partial charge in [-0.3, -0.25) is 0 Å². The van der Waals surface area contributed by atoms with E-state index in [0.29, 0.717) is 5.76 Å². The fourth-order valence-corrected chi connectivity index (χ4v) is 0.311. The summed E-state index contributed by atoms with van der Waals surface area (Å²) in [5.74, 6) is 0.392.